The predicted molar refractivity (Wildman–Crippen MR) is 79.4 cm³/mol. The molecule has 1 heterocycles. The van der Waals surface area contributed by atoms with Crippen LogP contribution in [-0.4, -0.2) is 22.1 Å². The molecule has 1 aromatic carbocycles. The molecule has 1 amide bonds. The topological polar surface area (TPSA) is 83.8 Å². The molecule has 0 radical (unpaired) electrons. The number of nitrogen functional groups attached to an aromatic ring is 1. The minimum absolute atomic E-state index is 0.121. The Balaban J connectivity index is 1.81. The van der Waals surface area contributed by atoms with E-state index in [2.05, 4.69) is 29.4 Å². The van der Waals surface area contributed by atoms with Gasteiger partial charge in [0.05, 0.1) is 5.52 Å². The van der Waals surface area contributed by atoms with Crippen molar-refractivity contribution >= 4 is 22.5 Å². The maximum absolute atomic E-state index is 12.4. The Morgan fingerprint density at radius 1 is 1.50 bits per heavy atom. The second-order valence-electron chi connectivity index (χ2n) is 6.45. The first-order valence-electron chi connectivity index (χ1n) is 6.99. The Morgan fingerprint density at radius 2 is 2.30 bits per heavy atom. The molecule has 1 aliphatic carbocycles. The van der Waals surface area contributed by atoms with Crippen LogP contribution in [0.15, 0.2) is 18.2 Å². The summed E-state index contributed by atoms with van der Waals surface area (Å²) in [7, 11) is 0. The van der Waals surface area contributed by atoms with Gasteiger partial charge in [0.1, 0.15) is 0 Å². The third kappa shape index (κ3) is 2.35. The van der Waals surface area contributed by atoms with E-state index in [-0.39, 0.29) is 11.9 Å². The van der Waals surface area contributed by atoms with Crippen LogP contribution in [0.25, 0.3) is 10.9 Å². The van der Waals surface area contributed by atoms with Crippen LogP contribution in [0.5, 0.6) is 0 Å². The van der Waals surface area contributed by atoms with E-state index < -0.39 is 0 Å². The summed E-state index contributed by atoms with van der Waals surface area (Å²) in [6.45, 7) is 4.48. The van der Waals surface area contributed by atoms with Crippen molar-refractivity contribution in [2.45, 2.75) is 39.2 Å². The lowest BCUT2D eigenvalue weighted by Gasteiger charge is -2.17. The van der Waals surface area contributed by atoms with Gasteiger partial charge in [0.15, 0.2) is 5.69 Å². The van der Waals surface area contributed by atoms with Crippen molar-refractivity contribution in [3.8, 4) is 0 Å². The number of anilines is 1. The normalized spacial score (nSPS) is 21.2. The molecule has 0 bridgehead atoms. The van der Waals surface area contributed by atoms with Crippen molar-refractivity contribution in [3.05, 3.63) is 23.9 Å². The number of aromatic nitrogens is 2. The highest BCUT2D eigenvalue weighted by atomic mass is 16.2. The summed E-state index contributed by atoms with van der Waals surface area (Å²) in [5.74, 6) is -0.121. The van der Waals surface area contributed by atoms with Crippen molar-refractivity contribution in [1.29, 1.82) is 0 Å². The Morgan fingerprint density at radius 3 is 3.00 bits per heavy atom. The minimum atomic E-state index is -0.121. The smallest absolute Gasteiger partial charge is 0.272 e. The van der Waals surface area contributed by atoms with Gasteiger partial charge in [0.2, 0.25) is 0 Å². The summed E-state index contributed by atoms with van der Waals surface area (Å²) in [5, 5.41) is 10.9. The fraction of sp³-hybridized carbons (Fsp3) is 0.467. The number of H-pyrrole nitrogens is 1. The van der Waals surface area contributed by atoms with Crippen LogP contribution in [0.1, 0.15) is 43.6 Å². The molecule has 0 spiro atoms. The van der Waals surface area contributed by atoms with Gasteiger partial charge < -0.3 is 11.1 Å². The molecule has 106 valence electrons. The summed E-state index contributed by atoms with van der Waals surface area (Å²) in [4.78, 5) is 12.4. The zero-order chi connectivity index (χ0) is 14.3. The number of amides is 1. The molecule has 1 aromatic heterocycles. The van der Waals surface area contributed by atoms with E-state index >= 15 is 0 Å². The van der Waals surface area contributed by atoms with Crippen LogP contribution in [0, 0.1) is 5.41 Å². The van der Waals surface area contributed by atoms with Crippen LogP contribution >= 0.6 is 0 Å². The van der Waals surface area contributed by atoms with Crippen molar-refractivity contribution in [3.63, 3.8) is 0 Å². The Bertz CT molecular complexity index is 659. The number of hydrogen-bond acceptors (Lipinski definition) is 3. The van der Waals surface area contributed by atoms with Crippen LogP contribution in [0.4, 0.5) is 5.69 Å². The standard InChI is InChI=1S/C15H20N4O/c1-15(2)6-5-10(8-15)17-14(20)13-11-7-9(16)3-4-12(11)18-19-13/h3-4,7,10H,5-6,8,16H2,1-2H3,(H,17,20)(H,18,19). The average Bonchev–Trinajstić information content (AvgIpc) is 2.92. The molecule has 1 saturated carbocycles. The average molecular weight is 272 g/mol. The van der Waals surface area contributed by atoms with E-state index in [9.17, 15) is 4.79 Å². The number of fused-ring (bicyclic) bond motifs is 1. The monoisotopic (exact) mass is 272 g/mol. The Kier molecular flexibility index (Phi) is 2.92. The molecule has 1 aliphatic rings. The van der Waals surface area contributed by atoms with E-state index in [1.54, 1.807) is 12.1 Å². The minimum Gasteiger partial charge on any atom is -0.399 e. The largest absolute Gasteiger partial charge is 0.399 e. The van der Waals surface area contributed by atoms with Gasteiger partial charge in [0.25, 0.3) is 5.91 Å². The molecule has 2 aromatic rings. The van der Waals surface area contributed by atoms with Crippen LogP contribution in [0.3, 0.4) is 0 Å². The quantitative estimate of drug-likeness (QED) is 0.734. The fourth-order valence-electron chi connectivity index (χ4n) is 3.02. The zero-order valence-corrected chi connectivity index (χ0v) is 11.9. The SMILES string of the molecule is CC1(C)CCC(NC(=O)c2n[nH]c3ccc(N)cc23)C1. The number of nitrogens with one attached hydrogen (secondary N) is 2. The lowest BCUT2D eigenvalue weighted by molar-refractivity contribution is 0.0932. The number of carbonyl (C=O) groups is 1. The summed E-state index contributed by atoms with van der Waals surface area (Å²) < 4.78 is 0. The van der Waals surface area contributed by atoms with Gasteiger partial charge in [-0.05, 0) is 42.9 Å². The molecule has 20 heavy (non-hydrogen) atoms. The van der Waals surface area contributed by atoms with E-state index in [0.29, 0.717) is 16.8 Å². The maximum Gasteiger partial charge on any atom is 0.272 e. The highest BCUT2D eigenvalue weighted by Crippen LogP contribution is 2.37. The van der Waals surface area contributed by atoms with Gasteiger partial charge in [-0.1, -0.05) is 13.8 Å². The molecule has 0 aliphatic heterocycles. The second-order valence-corrected chi connectivity index (χ2v) is 6.45. The molecule has 1 fully saturated rings. The molecule has 4 N–H and O–H groups in total. The fourth-order valence-corrected chi connectivity index (χ4v) is 3.02. The van der Waals surface area contributed by atoms with Crippen molar-refractivity contribution < 1.29 is 4.79 Å². The van der Waals surface area contributed by atoms with Gasteiger partial charge in [-0.3, -0.25) is 9.89 Å². The van der Waals surface area contributed by atoms with Gasteiger partial charge in [-0.25, -0.2) is 0 Å². The summed E-state index contributed by atoms with van der Waals surface area (Å²) in [6, 6.07) is 5.66. The first-order chi connectivity index (χ1) is 9.44. The molecular weight excluding hydrogens is 252 g/mol. The number of hydrogen-bond donors (Lipinski definition) is 3. The van der Waals surface area contributed by atoms with E-state index in [1.807, 2.05) is 6.07 Å². The van der Waals surface area contributed by atoms with Crippen molar-refractivity contribution in [2.24, 2.45) is 5.41 Å². The summed E-state index contributed by atoms with van der Waals surface area (Å²) in [6.07, 6.45) is 3.19. The third-order valence-electron chi connectivity index (χ3n) is 4.11. The van der Waals surface area contributed by atoms with E-state index in [1.165, 1.54) is 0 Å². The van der Waals surface area contributed by atoms with Crippen molar-refractivity contribution in [1.82, 2.24) is 15.5 Å². The summed E-state index contributed by atoms with van der Waals surface area (Å²) in [5.41, 5.74) is 7.99. The molecule has 5 heteroatoms. The first-order valence-corrected chi connectivity index (χ1v) is 6.99. The van der Waals surface area contributed by atoms with Gasteiger partial charge in [-0.15, -0.1) is 0 Å². The molecule has 1 unspecified atom stereocenters. The number of nitrogens with zero attached hydrogens (tertiary/aromatic N) is 1. The first kappa shape index (κ1) is 13.0. The molecular formula is C15H20N4O. The lowest BCUT2D eigenvalue weighted by Crippen LogP contribution is -2.33. The highest BCUT2D eigenvalue weighted by molar-refractivity contribution is 6.05. The second kappa shape index (κ2) is 4.51. The lowest BCUT2D eigenvalue weighted by atomic mass is 9.92. The number of aromatic amines is 1. The van der Waals surface area contributed by atoms with E-state index in [0.717, 1.165) is 30.2 Å². The predicted octanol–water partition coefficient (Wildman–Crippen LogP) is 2.45. The Hall–Kier alpha value is -2.04. The molecule has 5 nitrogen and oxygen atoms in total. The Labute approximate surface area is 117 Å². The van der Waals surface area contributed by atoms with E-state index in [4.69, 9.17) is 5.73 Å². The van der Waals surface area contributed by atoms with Crippen LogP contribution in [-0.2, 0) is 0 Å². The maximum atomic E-state index is 12.4. The number of benzene rings is 1. The number of nitrogens with two attached hydrogens (primary N) is 1. The van der Waals surface area contributed by atoms with Gasteiger partial charge in [-0.2, -0.15) is 5.10 Å². The zero-order valence-electron chi connectivity index (χ0n) is 11.9. The number of carbonyl (C=O) groups excluding carboxylic acids is 1. The number of rotatable bonds is 2. The molecule has 3 rings (SSSR count). The highest BCUT2D eigenvalue weighted by Gasteiger charge is 2.32. The van der Waals surface area contributed by atoms with Crippen molar-refractivity contribution in [2.75, 3.05) is 5.73 Å². The van der Waals surface area contributed by atoms with Crippen LogP contribution in [0.2, 0.25) is 0 Å². The molecule has 1 atom stereocenters. The van der Waals surface area contributed by atoms with Gasteiger partial charge in [0, 0.05) is 17.1 Å². The summed E-state index contributed by atoms with van der Waals surface area (Å²) >= 11 is 0. The van der Waals surface area contributed by atoms with Crippen LogP contribution < -0.4 is 11.1 Å². The van der Waals surface area contributed by atoms with Gasteiger partial charge >= 0.3 is 0 Å². The third-order valence-corrected chi connectivity index (χ3v) is 4.11. The molecule has 0 saturated heterocycles.